The third kappa shape index (κ3) is 6.25. The summed E-state index contributed by atoms with van der Waals surface area (Å²) in [4.78, 5) is 29.7. The minimum absolute atomic E-state index is 0.235. The van der Waals surface area contributed by atoms with Crippen LogP contribution in [0.15, 0.2) is 49.2 Å². The molecule has 1 aromatic heterocycles. The Hall–Kier alpha value is -2.23. The molecule has 0 atom stereocenters. The maximum Gasteiger partial charge on any atom is 0.344 e. The summed E-state index contributed by atoms with van der Waals surface area (Å²) in [7, 11) is 0. The molecule has 0 aliphatic heterocycles. The van der Waals surface area contributed by atoms with Crippen LogP contribution in [0.5, 0.6) is 5.75 Å². The molecule has 0 spiro atoms. The van der Waals surface area contributed by atoms with Crippen molar-refractivity contribution in [3.8, 4) is 5.75 Å². The largest absolute Gasteiger partial charge is 0.479 e. The lowest BCUT2D eigenvalue weighted by Gasteiger charge is -2.20. The quantitative estimate of drug-likeness (QED) is 0.249. The number of aromatic nitrogens is 2. The van der Waals surface area contributed by atoms with Gasteiger partial charge in [0.25, 0.3) is 5.56 Å². The van der Waals surface area contributed by atoms with E-state index in [-0.39, 0.29) is 23.3 Å². The molecule has 3 rings (SSSR count). The van der Waals surface area contributed by atoms with Crippen LogP contribution in [0.25, 0.3) is 10.9 Å². The molecule has 0 aliphatic rings. The van der Waals surface area contributed by atoms with Gasteiger partial charge in [0.1, 0.15) is 5.82 Å². The highest BCUT2D eigenvalue weighted by Gasteiger charge is 2.23. The maximum atomic E-state index is 13.3. The number of carbonyl (C=O) groups is 1. The van der Waals surface area contributed by atoms with Crippen LogP contribution < -0.4 is 10.3 Å². The van der Waals surface area contributed by atoms with Gasteiger partial charge in [-0.15, -0.1) is 0 Å². The number of rotatable bonds is 6. The Labute approximate surface area is 219 Å². The minimum atomic E-state index is -0.492. The zero-order valence-corrected chi connectivity index (χ0v) is 23.3. The van der Waals surface area contributed by atoms with Gasteiger partial charge in [0.05, 0.1) is 32.7 Å². The van der Waals surface area contributed by atoms with E-state index in [1.807, 2.05) is 26.8 Å². The van der Waals surface area contributed by atoms with Gasteiger partial charge in [0.15, 0.2) is 12.4 Å². The van der Waals surface area contributed by atoms with Gasteiger partial charge >= 0.3 is 5.97 Å². The summed E-state index contributed by atoms with van der Waals surface area (Å²) in [5, 5.41) is 5.18. The molecule has 0 N–H and O–H groups in total. The molecule has 7 nitrogen and oxygen atoms in total. The fourth-order valence-corrected chi connectivity index (χ4v) is 4.44. The zero-order valence-electron chi connectivity index (χ0n) is 19.4. The fourth-order valence-electron chi connectivity index (χ4n) is 3.09. The van der Waals surface area contributed by atoms with E-state index in [9.17, 15) is 9.59 Å². The molecule has 0 bridgehead atoms. The van der Waals surface area contributed by atoms with Crippen molar-refractivity contribution >= 4 is 66.5 Å². The number of benzene rings is 2. The molecule has 0 amide bonds. The highest BCUT2D eigenvalue weighted by atomic mass is 79.9. The second-order valence-electron chi connectivity index (χ2n) is 8.85. The van der Waals surface area contributed by atoms with Gasteiger partial charge in [0.2, 0.25) is 0 Å². The fraction of sp³-hybridized carbons (Fsp3) is 0.333. The van der Waals surface area contributed by atoms with E-state index < -0.39 is 11.4 Å². The molecule has 0 radical (unpaired) electrons. The SMILES string of the molecule is CC(C)OC(=O)COc1c(Cl)cc(C=Nn2c(C(C)(C)C)nc3ccc(Br)cc3c2=O)cc1Br. The van der Waals surface area contributed by atoms with Crippen molar-refractivity contribution in [2.45, 2.75) is 46.1 Å². The number of fused-ring (bicyclic) bond motifs is 1. The van der Waals surface area contributed by atoms with Crippen LogP contribution in [0.2, 0.25) is 5.02 Å². The van der Waals surface area contributed by atoms with E-state index in [0.717, 1.165) is 4.47 Å². The first kappa shape index (κ1) is 26.4. The number of carbonyl (C=O) groups excluding carboxylic acids is 1. The molecule has 0 unspecified atom stereocenters. The Balaban J connectivity index is 1.97. The highest BCUT2D eigenvalue weighted by molar-refractivity contribution is 9.10. The maximum absolute atomic E-state index is 13.3. The molecule has 2 aromatic carbocycles. The van der Waals surface area contributed by atoms with Gasteiger partial charge in [-0.1, -0.05) is 48.3 Å². The van der Waals surface area contributed by atoms with Crippen LogP contribution in [0.4, 0.5) is 0 Å². The molecule has 1 heterocycles. The summed E-state index contributed by atoms with van der Waals surface area (Å²) < 4.78 is 13.2. The number of nitrogens with zero attached hydrogens (tertiary/aromatic N) is 3. The van der Waals surface area contributed by atoms with Crippen molar-refractivity contribution in [2.24, 2.45) is 5.10 Å². The first-order valence-electron chi connectivity index (χ1n) is 10.5. The molecule has 0 fully saturated rings. The van der Waals surface area contributed by atoms with Gasteiger partial charge in [-0.2, -0.15) is 9.78 Å². The van der Waals surface area contributed by atoms with Crippen molar-refractivity contribution in [1.29, 1.82) is 0 Å². The Morgan fingerprint density at radius 3 is 2.56 bits per heavy atom. The second-order valence-corrected chi connectivity index (χ2v) is 11.0. The third-order valence-corrected chi connectivity index (χ3v) is 5.89. The van der Waals surface area contributed by atoms with Crippen molar-refractivity contribution in [1.82, 2.24) is 9.66 Å². The van der Waals surface area contributed by atoms with Gasteiger partial charge in [-0.3, -0.25) is 4.79 Å². The summed E-state index contributed by atoms with van der Waals surface area (Å²) in [5.74, 6) is 0.342. The van der Waals surface area contributed by atoms with Gasteiger partial charge in [0, 0.05) is 9.89 Å². The van der Waals surface area contributed by atoms with Gasteiger partial charge in [-0.25, -0.2) is 9.78 Å². The normalized spacial score (nSPS) is 12.0. The van der Waals surface area contributed by atoms with E-state index in [4.69, 9.17) is 26.1 Å². The lowest BCUT2D eigenvalue weighted by molar-refractivity contribution is -0.149. The number of hydrogen-bond donors (Lipinski definition) is 0. The predicted molar refractivity (Wildman–Crippen MR) is 141 cm³/mol. The minimum Gasteiger partial charge on any atom is -0.479 e. The summed E-state index contributed by atoms with van der Waals surface area (Å²) in [6, 6.07) is 8.74. The van der Waals surface area contributed by atoms with Gasteiger partial charge in [-0.05, 0) is 65.7 Å². The molecule has 0 saturated carbocycles. The summed E-state index contributed by atoms with van der Waals surface area (Å²) >= 11 is 13.2. The molecule has 10 heteroatoms. The molecule has 180 valence electrons. The van der Waals surface area contributed by atoms with E-state index >= 15 is 0 Å². The molecule has 0 aliphatic carbocycles. The first-order chi connectivity index (χ1) is 15.9. The van der Waals surface area contributed by atoms with Gasteiger partial charge < -0.3 is 9.47 Å². The number of halogens is 3. The first-order valence-corrected chi connectivity index (χ1v) is 12.4. The van der Waals surface area contributed by atoms with E-state index in [1.165, 1.54) is 10.9 Å². The summed E-state index contributed by atoms with van der Waals surface area (Å²) in [5.41, 5.74) is 0.516. The van der Waals surface area contributed by atoms with Crippen LogP contribution in [0.1, 0.15) is 46.0 Å². The Morgan fingerprint density at radius 2 is 1.94 bits per heavy atom. The predicted octanol–water partition coefficient (Wildman–Crippen LogP) is 6.09. The van der Waals surface area contributed by atoms with E-state index in [0.29, 0.717) is 32.5 Å². The smallest absolute Gasteiger partial charge is 0.344 e. The molecular weight excluding hydrogens is 590 g/mol. The Morgan fingerprint density at radius 1 is 1.24 bits per heavy atom. The average Bonchev–Trinajstić information content (AvgIpc) is 2.71. The monoisotopic (exact) mass is 611 g/mol. The topological polar surface area (TPSA) is 82.8 Å². The second kappa shape index (κ2) is 10.6. The van der Waals surface area contributed by atoms with Crippen LogP contribution in [-0.4, -0.2) is 34.6 Å². The van der Waals surface area contributed by atoms with Crippen molar-refractivity contribution in [3.05, 3.63) is 66.0 Å². The molecule has 34 heavy (non-hydrogen) atoms. The number of esters is 1. The highest BCUT2D eigenvalue weighted by Crippen LogP contribution is 2.34. The van der Waals surface area contributed by atoms with Crippen molar-refractivity contribution in [2.75, 3.05) is 6.61 Å². The zero-order chi connectivity index (χ0) is 25.2. The Kier molecular flexibility index (Phi) is 8.21. The lowest BCUT2D eigenvalue weighted by atomic mass is 9.95. The summed E-state index contributed by atoms with van der Waals surface area (Å²) in [6.07, 6.45) is 1.29. The van der Waals surface area contributed by atoms with Crippen LogP contribution in [-0.2, 0) is 14.9 Å². The molecule has 0 saturated heterocycles. The van der Waals surface area contributed by atoms with Crippen molar-refractivity contribution < 1.29 is 14.3 Å². The molecular formula is C24H24Br2ClN3O4. The summed E-state index contributed by atoms with van der Waals surface area (Å²) in [6.45, 7) is 9.15. The Bertz CT molecular complexity index is 1310. The standard InChI is InChI=1S/C24H24Br2ClN3O4/c1-13(2)34-20(31)12-33-21-17(26)8-14(9-18(21)27)11-28-30-22(32)16-10-15(25)6-7-19(16)29-23(30)24(3,4)5/h6-11,13H,12H2,1-5H3. The number of ether oxygens (including phenoxy) is 2. The van der Waals surface area contributed by atoms with E-state index in [1.54, 1.807) is 38.1 Å². The lowest BCUT2D eigenvalue weighted by Crippen LogP contribution is -2.29. The van der Waals surface area contributed by atoms with Crippen LogP contribution in [0, 0.1) is 0 Å². The van der Waals surface area contributed by atoms with Crippen LogP contribution in [0.3, 0.4) is 0 Å². The average molecular weight is 614 g/mol. The third-order valence-electron chi connectivity index (χ3n) is 4.52. The molecule has 3 aromatic rings. The van der Waals surface area contributed by atoms with Crippen LogP contribution >= 0.6 is 43.5 Å². The van der Waals surface area contributed by atoms with Crippen molar-refractivity contribution in [3.63, 3.8) is 0 Å². The van der Waals surface area contributed by atoms with E-state index in [2.05, 4.69) is 37.0 Å². The number of hydrogen-bond acceptors (Lipinski definition) is 6.